The molecule has 0 unspecified atom stereocenters. The van der Waals surface area contributed by atoms with Gasteiger partial charge in [0.1, 0.15) is 24.4 Å². The van der Waals surface area contributed by atoms with E-state index in [4.69, 9.17) is 9.47 Å². The van der Waals surface area contributed by atoms with Crippen LogP contribution in [0.25, 0.3) is 0 Å². The van der Waals surface area contributed by atoms with Gasteiger partial charge in [0, 0.05) is 36.8 Å². The third kappa shape index (κ3) is 11.6. The number of fused-ring (bicyclic) bond motifs is 1. The van der Waals surface area contributed by atoms with Crippen molar-refractivity contribution >= 4 is 48.0 Å². The van der Waals surface area contributed by atoms with Crippen molar-refractivity contribution in [3.8, 4) is 0 Å². The number of unbranched alkanes of at least 4 members (excludes halogenated alkanes) is 1. The van der Waals surface area contributed by atoms with Crippen molar-refractivity contribution in [2.24, 2.45) is 5.41 Å². The van der Waals surface area contributed by atoms with Crippen molar-refractivity contribution in [3.05, 3.63) is 89.5 Å². The normalized spacial score (nSPS) is 26.9. The molecule has 0 saturated carbocycles. The van der Waals surface area contributed by atoms with Crippen molar-refractivity contribution in [1.29, 1.82) is 0 Å². The van der Waals surface area contributed by atoms with E-state index in [-0.39, 0.29) is 22.9 Å². The molecule has 3 aromatic carbocycles. The second kappa shape index (κ2) is 18.9. The maximum Gasteiger partial charge on any atom is 0.321 e. The van der Waals surface area contributed by atoms with Gasteiger partial charge in [-0.2, -0.15) is 0 Å². The number of sulfone groups is 1. The van der Waals surface area contributed by atoms with Crippen molar-refractivity contribution in [2.45, 2.75) is 93.7 Å². The summed E-state index contributed by atoms with van der Waals surface area (Å²) in [6.45, 7) is 2.36. The summed E-state index contributed by atoms with van der Waals surface area (Å²) in [5.74, 6) is -1.12. The molecule has 21 heteroatoms. The predicted molar refractivity (Wildman–Crippen MR) is 211 cm³/mol. The Labute approximate surface area is 344 Å². The van der Waals surface area contributed by atoms with E-state index in [0.717, 1.165) is 6.42 Å². The van der Waals surface area contributed by atoms with Gasteiger partial charge in [-0.05, 0) is 59.9 Å². The lowest BCUT2D eigenvalue weighted by molar-refractivity contribution is -0.240. The number of urea groups is 1. The topological polar surface area (TPSA) is 270 Å². The first-order valence-electron chi connectivity index (χ1n) is 18.8. The molecule has 0 aromatic heterocycles. The summed E-state index contributed by atoms with van der Waals surface area (Å²) < 4.78 is 118. The number of ether oxygens (including phenoxy) is 2. The fourth-order valence-corrected chi connectivity index (χ4v) is 10.7. The standard InChI is InChI=1S/C38H51N3O15S3/c1-5-7-18-38(6-2)23-57(45,46)30-17-16-27(41(3)4)20-28(30)31(35(38)43)25-14-11-15-26(19-25)39-37(44)40-36-32(42)34(53-21-24-12-9-8-10-13-24)33(56-59(50,51)52)29(55-36)22-54-58(47,48)49/h8-17,19-20,29,31-36,42-43H,5-7,18,21-23H2,1-4H3,(H2,39,40,44)(H,47,48,49)(H,50,51,52)/p-2/t29-,31+,32-,33-,34-,35+,36-,38-/m1/s1. The smallest absolute Gasteiger partial charge is 0.321 e. The van der Waals surface area contributed by atoms with E-state index in [1.54, 1.807) is 66.7 Å². The average molecular weight is 884 g/mol. The summed E-state index contributed by atoms with van der Waals surface area (Å²) in [6.07, 6.45) is -8.36. The molecule has 0 radical (unpaired) electrons. The van der Waals surface area contributed by atoms with Gasteiger partial charge in [0.2, 0.25) is 20.8 Å². The van der Waals surface area contributed by atoms with Gasteiger partial charge in [-0.3, -0.25) is 8.37 Å². The monoisotopic (exact) mass is 883 g/mol. The van der Waals surface area contributed by atoms with Gasteiger partial charge >= 0.3 is 6.03 Å². The number of aliphatic hydroxyl groups is 2. The van der Waals surface area contributed by atoms with E-state index in [0.29, 0.717) is 41.6 Å². The van der Waals surface area contributed by atoms with Crippen molar-refractivity contribution < 1.29 is 67.2 Å². The Hall–Kier alpha value is -3.74. The molecule has 0 aliphatic carbocycles. The van der Waals surface area contributed by atoms with Gasteiger partial charge in [0.05, 0.1) is 30.0 Å². The van der Waals surface area contributed by atoms with Crippen molar-refractivity contribution in [3.63, 3.8) is 0 Å². The number of rotatable bonds is 16. The molecular weight excluding hydrogens is 835 g/mol. The Morgan fingerprint density at radius 2 is 1.68 bits per heavy atom. The minimum Gasteiger partial charge on any atom is -0.726 e. The van der Waals surface area contributed by atoms with Crippen LogP contribution in [0.3, 0.4) is 0 Å². The zero-order chi connectivity index (χ0) is 43.3. The van der Waals surface area contributed by atoms with E-state index in [1.807, 2.05) is 32.8 Å². The molecule has 1 fully saturated rings. The molecule has 59 heavy (non-hydrogen) atoms. The minimum atomic E-state index is -5.55. The van der Waals surface area contributed by atoms with Crippen LogP contribution in [0.15, 0.2) is 77.7 Å². The zero-order valence-electron chi connectivity index (χ0n) is 32.8. The lowest BCUT2D eigenvalue weighted by Gasteiger charge is -2.44. The van der Waals surface area contributed by atoms with Gasteiger partial charge in [0.25, 0.3) is 0 Å². The molecule has 5 rings (SSSR count). The zero-order valence-corrected chi connectivity index (χ0v) is 35.2. The van der Waals surface area contributed by atoms with Crippen molar-refractivity contribution in [1.82, 2.24) is 5.32 Å². The summed E-state index contributed by atoms with van der Waals surface area (Å²) in [5.41, 5.74) is 1.27. The Bertz CT molecular complexity index is 2260. The predicted octanol–water partition coefficient (Wildman–Crippen LogP) is 2.73. The van der Waals surface area contributed by atoms with Crippen LogP contribution in [-0.2, 0) is 55.1 Å². The van der Waals surface area contributed by atoms with Gasteiger partial charge in [-0.15, -0.1) is 0 Å². The highest BCUT2D eigenvalue weighted by Gasteiger charge is 2.50. The van der Waals surface area contributed by atoms with Crippen LogP contribution in [0.4, 0.5) is 16.2 Å². The van der Waals surface area contributed by atoms with Gasteiger partial charge in [0.15, 0.2) is 16.1 Å². The molecule has 4 N–H and O–H groups in total. The highest BCUT2D eigenvalue weighted by Crippen LogP contribution is 2.49. The maximum atomic E-state index is 14.1. The second-order valence-corrected chi connectivity index (χ2v) is 18.9. The molecule has 326 valence electrons. The summed E-state index contributed by atoms with van der Waals surface area (Å²) in [6, 6.07) is 18.7. The highest BCUT2D eigenvalue weighted by molar-refractivity contribution is 7.91. The van der Waals surface area contributed by atoms with Crippen LogP contribution in [0, 0.1) is 5.41 Å². The lowest BCUT2D eigenvalue weighted by atomic mass is 9.69. The van der Waals surface area contributed by atoms with E-state index < -0.39 is 91.4 Å². The summed E-state index contributed by atoms with van der Waals surface area (Å²) in [5, 5.41) is 28.7. The Kier molecular flexibility index (Phi) is 14.8. The SMILES string of the molecule is CCCC[C@]1(CC)CS(=O)(=O)c2ccc(N(C)C)cc2[C@H](c2cccc(NC(=O)N[C@@H]3O[C@H](COS(=O)(=O)[O-])[C@@H](OS(=O)(=O)[O-])[C@H](OCc4ccccc4)[C@H]3O)c2)[C@@H]1O. The Balaban J connectivity index is 1.47. The number of hydrogen-bond donors (Lipinski definition) is 4. The largest absolute Gasteiger partial charge is 0.726 e. The molecule has 2 aliphatic heterocycles. The van der Waals surface area contributed by atoms with Crippen LogP contribution in [-0.4, -0.2) is 114 Å². The quantitative estimate of drug-likeness (QED) is 0.119. The molecule has 18 nitrogen and oxygen atoms in total. The van der Waals surface area contributed by atoms with Crippen LogP contribution in [0.2, 0.25) is 0 Å². The fourth-order valence-electron chi connectivity index (χ4n) is 7.65. The number of anilines is 2. The molecule has 2 aliphatic rings. The van der Waals surface area contributed by atoms with Crippen LogP contribution in [0.1, 0.15) is 62.1 Å². The number of aliphatic hydroxyl groups excluding tert-OH is 2. The first kappa shape index (κ1) is 46.3. The molecule has 0 bridgehead atoms. The highest BCUT2D eigenvalue weighted by atomic mass is 32.3. The minimum absolute atomic E-state index is 0.0953. The number of amides is 2. The molecule has 2 amide bonds. The molecule has 2 heterocycles. The summed E-state index contributed by atoms with van der Waals surface area (Å²) >= 11 is 0. The lowest BCUT2D eigenvalue weighted by Crippen LogP contribution is -2.65. The summed E-state index contributed by atoms with van der Waals surface area (Å²) in [4.78, 5) is 15.5. The molecule has 1 saturated heterocycles. The first-order valence-corrected chi connectivity index (χ1v) is 23.1. The Morgan fingerprint density at radius 3 is 2.31 bits per heavy atom. The van der Waals surface area contributed by atoms with Gasteiger partial charge in [-0.25, -0.2) is 30.0 Å². The van der Waals surface area contributed by atoms with Gasteiger partial charge in [-0.1, -0.05) is 69.2 Å². The molecular formula is C38H49N3O15S3-2. The summed E-state index contributed by atoms with van der Waals surface area (Å²) in [7, 11) is -11.2. The first-order chi connectivity index (χ1) is 27.7. The van der Waals surface area contributed by atoms with Crippen LogP contribution < -0.4 is 15.5 Å². The average Bonchev–Trinajstić information content (AvgIpc) is 3.23. The number of nitrogens with one attached hydrogen (secondary N) is 2. The third-order valence-electron chi connectivity index (χ3n) is 10.7. The second-order valence-electron chi connectivity index (χ2n) is 14.9. The number of hydrogen-bond acceptors (Lipinski definition) is 16. The maximum absolute atomic E-state index is 14.1. The van der Waals surface area contributed by atoms with Crippen LogP contribution in [0.5, 0.6) is 0 Å². The Morgan fingerprint density at radius 1 is 0.966 bits per heavy atom. The molecule has 3 aromatic rings. The van der Waals surface area contributed by atoms with E-state index >= 15 is 0 Å². The van der Waals surface area contributed by atoms with E-state index in [1.165, 1.54) is 6.07 Å². The van der Waals surface area contributed by atoms with E-state index in [2.05, 4.69) is 19.0 Å². The molecule has 8 atom stereocenters. The van der Waals surface area contributed by atoms with E-state index in [9.17, 15) is 49.4 Å². The van der Waals surface area contributed by atoms with Crippen LogP contribution >= 0.6 is 0 Å². The number of benzene rings is 3. The number of carbonyl (C=O) groups excluding carboxylic acids is 1. The number of carbonyl (C=O) groups is 1. The fraction of sp³-hybridized carbons (Fsp3) is 0.500. The number of nitrogens with zero attached hydrogens (tertiary/aromatic N) is 1. The van der Waals surface area contributed by atoms with Gasteiger partial charge < -0.3 is 44.3 Å². The third-order valence-corrected chi connectivity index (χ3v) is 13.5. The van der Waals surface area contributed by atoms with Crippen molar-refractivity contribution in [2.75, 3.05) is 36.7 Å². The molecule has 0 spiro atoms.